The summed E-state index contributed by atoms with van der Waals surface area (Å²) in [6.45, 7) is 12.1. The molecule has 3 fully saturated rings. The molecule has 0 bridgehead atoms. The maximum atomic E-state index is 10.2. The average Bonchev–Trinajstić information content (AvgIpc) is 2.99. The van der Waals surface area contributed by atoms with Crippen LogP contribution in [0.5, 0.6) is 0 Å². The topological polar surface area (TPSA) is 20.2 Å². The quantitative estimate of drug-likeness (QED) is 0.421. The Hall–Kier alpha value is -0.740. The summed E-state index contributed by atoms with van der Waals surface area (Å²) in [5.74, 6) is 11.6. The molecular formula is C27H42O. The van der Waals surface area contributed by atoms with Crippen molar-refractivity contribution in [2.75, 3.05) is 0 Å². The fourth-order valence-corrected chi connectivity index (χ4v) is 8.18. The van der Waals surface area contributed by atoms with Gasteiger partial charge < -0.3 is 5.11 Å². The van der Waals surface area contributed by atoms with Crippen molar-refractivity contribution in [3.8, 4) is 11.8 Å². The van der Waals surface area contributed by atoms with Crippen LogP contribution in [0.1, 0.15) is 92.4 Å². The van der Waals surface area contributed by atoms with Gasteiger partial charge in [-0.25, -0.2) is 0 Å². The van der Waals surface area contributed by atoms with E-state index in [4.69, 9.17) is 0 Å². The molecule has 1 nitrogen and oxygen atoms in total. The number of aliphatic hydroxyl groups is 1. The molecule has 0 aromatic heterocycles. The molecule has 3 saturated carbocycles. The van der Waals surface area contributed by atoms with Crippen LogP contribution in [0.3, 0.4) is 0 Å². The van der Waals surface area contributed by atoms with Crippen molar-refractivity contribution >= 4 is 0 Å². The van der Waals surface area contributed by atoms with Crippen molar-refractivity contribution in [2.24, 2.45) is 46.3 Å². The fourth-order valence-electron chi connectivity index (χ4n) is 8.18. The Morgan fingerprint density at radius 3 is 2.61 bits per heavy atom. The van der Waals surface area contributed by atoms with E-state index in [1.54, 1.807) is 5.57 Å². The van der Waals surface area contributed by atoms with Crippen molar-refractivity contribution in [2.45, 2.75) is 98.5 Å². The first kappa shape index (κ1) is 20.5. The standard InChI is InChI=1S/C27H42O/c1-18(2)7-6-8-19(3)23-11-12-24-22-10-9-20-17-21(28)13-15-26(20,4)25(22)14-16-27(23,24)5/h9,18-19,21-25,28H,8,10-17H2,1-5H3/t19?,21-,22-,23+,24-,25-,26-,27+/m0/s1. The largest absolute Gasteiger partial charge is 0.393 e. The molecule has 8 atom stereocenters. The number of hydrogen-bond donors (Lipinski definition) is 1. The molecule has 1 unspecified atom stereocenters. The minimum atomic E-state index is -0.0895. The molecule has 28 heavy (non-hydrogen) atoms. The highest BCUT2D eigenvalue weighted by molar-refractivity contribution is 5.25. The van der Waals surface area contributed by atoms with E-state index in [1.807, 2.05) is 0 Å². The summed E-state index contributed by atoms with van der Waals surface area (Å²) in [5.41, 5.74) is 2.49. The minimum absolute atomic E-state index is 0.0895. The minimum Gasteiger partial charge on any atom is -0.393 e. The van der Waals surface area contributed by atoms with E-state index in [9.17, 15) is 5.11 Å². The van der Waals surface area contributed by atoms with Crippen LogP contribution in [0.25, 0.3) is 0 Å². The van der Waals surface area contributed by atoms with Crippen molar-refractivity contribution < 1.29 is 5.11 Å². The highest BCUT2D eigenvalue weighted by atomic mass is 16.3. The molecular weight excluding hydrogens is 340 g/mol. The lowest BCUT2D eigenvalue weighted by Crippen LogP contribution is -2.50. The van der Waals surface area contributed by atoms with Crippen molar-refractivity contribution in [1.29, 1.82) is 0 Å². The van der Waals surface area contributed by atoms with Gasteiger partial charge in [-0.2, -0.15) is 0 Å². The van der Waals surface area contributed by atoms with Crippen LogP contribution in [-0.4, -0.2) is 11.2 Å². The fraction of sp³-hybridized carbons (Fsp3) is 0.852. The van der Waals surface area contributed by atoms with Gasteiger partial charge in [0.15, 0.2) is 0 Å². The van der Waals surface area contributed by atoms with E-state index < -0.39 is 0 Å². The zero-order chi connectivity index (χ0) is 20.1. The summed E-state index contributed by atoms with van der Waals surface area (Å²) in [6.07, 6.45) is 13.7. The lowest BCUT2D eigenvalue weighted by atomic mass is 9.47. The third-order valence-corrected chi connectivity index (χ3v) is 9.65. The smallest absolute Gasteiger partial charge is 0.0577 e. The molecule has 0 aliphatic heterocycles. The van der Waals surface area contributed by atoms with Crippen molar-refractivity contribution in [1.82, 2.24) is 0 Å². The van der Waals surface area contributed by atoms with E-state index in [2.05, 4.69) is 52.5 Å². The summed E-state index contributed by atoms with van der Waals surface area (Å²) in [6, 6.07) is 0. The van der Waals surface area contributed by atoms with E-state index in [0.29, 0.717) is 16.7 Å². The van der Waals surface area contributed by atoms with Crippen molar-refractivity contribution in [3.05, 3.63) is 11.6 Å². The first-order chi connectivity index (χ1) is 13.3. The molecule has 1 N–H and O–H groups in total. The summed E-state index contributed by atoms with van der Waals surface area (Å²) >= 11 is 0. The van der Waals surface area contributed by atoms with Gasteiger partial charge in [0.25, 0.3) is 0 Å². The maximum absolute atomic E-state index is 10.2. The number of hydrogen-bond acceptors (Lipinski definition) is 1. The number of aliphatic hydroxyl groups excluding tert-OH is 1. The van der Waals surface area contributed by atoms with Gasteiger partial charge in [0.05, 0.1) is 6.10 Å². The summed E-state index contributed by atoms with van der Waals surface area (Å²) in [5, 5.41) is 10.2. The Labute approximate surface area is 173 Å². The lowest BCUT2D eigenvalue weighted by Gasteiger charge is -2.58. The number of rotatable bonds is 2. The third kappa shape index (κ3) is 3.29. The van der Waals surface area contributed by atoms with Crippen LogP contribution in [0.15, 0.2) is 11.6 Å². The van der Waals surface area contributed by atoms with Gasteiger partial charge >= 0.3 is 0 Å². The first-order valence-electron chi connectivity index (χ1n) is 12.1. The molecule has 1 heteroatoms. The zero-order valence-corrected chi connectivity index (χ0v) is 18.9. The van der Waals surface area contributed by atoms with Crippen LogP contribution >= 0.6 is 0 Å². The Balaban J connectivity index is 1.53. The second kappa shape index (κ2) is 7.50. The van der Waals surface area contributed by atoms with Gasteiger partial charge in [-0.05, 0) is 91.8 Å². The lowest BCUT2D eigenvalue weighted by molar-refractivity contribution is -0.0563. The van der Waals surface area contributed by atoms with Gasteiger partial charge in [0, 0.05) is 12.3 Å². The molecule has 0 heterocycles. The number of allylic oxidation sites excluding steroid dienone is 1. The van der Waals surface area contributed by atoms with E-state index in [-0.39, 0.29) is 6.10 Å². The van der Waals surface area contributed by atoms with E-state index >= 15 is 0 Å². The van der Waals surface area contributed by atoms with Gasteiger partial charge in [-0.15, -0.1) is 11.8 Å². The summed E-state index contributed by atoms with van der Waals surface area (Å²) in [4.78, 5) is 0. The molecule has 4 aliphatic carbocycles. The maximum Gasteiger partial charge on any atom is 0.0577 e. The average molecular weight is 383 g/mol. The summed E-state index contributed by atoms with van der Waals surface area (Å²) < 4.78 is 0. The SMILES string of the molecule is CC(C)C#CCC(C)[C@H]1CC[C@H]2[C@@H]3CC=C4C[C@@H](O)CC[C@]4(C)[C@H]3CC[C@]12C. The van der Waals surface area contributed by atoms with Gasteiger partial charge in [-0.1, -0.05) is 46.3 Å². The Bertz CT molecular complexity index is 678. The third-order valence-electron chi connectivity index (χ3n) is 9.65. The molecule has 4 rings (SSSR count). The van der Waals surface area contributed by atoms with Crippen LogP contribution in [0, 0.1) is 58.2 Å². The number of fused-ring (bicyclic) bond motifs is 5. The van der Waals surface area contributed by atoms with E-state index in [0.717, 1.165) is 48.9 Å². The van der Waals surface area contributed by atoms with Crippen LogP contribution in [0.4, 0.5) is 0 Å². The van der Waals surface area contributed by atoms with Crippen LogP contribution in [0.2, 0.25) is 0 Å². The van der Waals surface area contributed by atoms with Gasteiger partial charge in [0.1, 0.15) is 0 Å². The van der Waals surface area contributed by atoms with Crippen LogP contribution < -0.4 is 0 Å². The second-order valence-corrected chi connectivity index (χ2v) is 11.5. The Morgan fingerprint density at radius 1 is 1.07 bits per heavy atom. The first-order valence-corrected chi connectivity index (χ1v) is 12.1. The van der Waals surface area contributed by atoms with Gasteiger partial charge in [-0.3, -0.25) is 0 Å². The zero-order valence-electron chi connectivity index (χ0n) is 18.9. The molecule has 0 saturated heterocycles. The molecule has 156 valence electrons. The molecule has 0 aromatic carbocycles. The second-order valence-electron chi connectivity index (χ2n) is 11.5. The Kier molecular flexibility index (Phi) is 5.50. The normalized spacial score (nSPS) is 46.0. The molecule has 0 amide bonds. The Morgan fingerprint density at radius 2 is 1.86 bits per heavy atom. The molecule has 4 aliphatic rings. The van der Waals surface area contributed by atoms with Crippen LogP contribution in [-0.2, 0) is 0 Å². The van der Waals surface area contributed by atoms with E-state index in [1.165, 1.54) is 38.5 Å². The molecule has 0 radical (unpaired) electrons. The predicted molar refractivity (Wildman–Crippen MR) is 118 cm³/mol. The van der Waals surface area contributed by atoms with Gasteiger partial charge in [0.2, 0.25) is 0 Å². The monoisotopic (exact) mass is 382 g/mol. The molecule has 0 spiro atoms. The van der Waals surface area contributed by atoms with Crippen molar-refractivity contribution in [3.63, 3.8) is 0 Å². The predicted octanol–water partition coefficient (Wildman–Crippen LogP) is 6.61. The highest BCUT2D eigenvalue weighted by Crippen LogP contribution is 2.67. The molecule has 0 aromatic rings. The highest BCUT2D eigenvalue weighted by Gasteiger charge is 2.59. The summed E-state index contributed by atoms with van der Waals surface area (Å²) in [7, 11) is 0.